The molecule has 0 unspecified atom stereocenters. The Morgan fingerprint density at radius 2 is 2.38 bits per heavy atom. The highest BCUT2D eigenvalue weighted by atomic mass is 32.2. The lowest BCUT2D eigenvalue weighted by Crippen LogP contribution is -2.25. The van der Waals surface area contributed by atoms with Gasteiger partial charge in [0.25, 0.3) is 0 Å². The van der Waals surface area contributed by atoms with Gasteiger partial charge in [0, 0.05) is 12.7 Å². The average Bonchev–Trinajstić information content (AvgIpc) is 2.56. The molecule has 1 heterocycles. The summed E-state index contributed by atoms with van der Waals surface area (Å²) in [6.07, 6.45) is 3.20. The van der Waals surface area contributed by atoms with Gasteiger partial charge in [0.05, 0.1) is 6.20 Å². The number of hydrogen-bond acceptors (Lipinski definition) is 4. The first kappa shape index (κ1) is 10.2. The third-order valence-corrected chi connectivity index (χ3v) is 2.88. The molecule has 0 saturated heterocycles. The summed E-state index contributed by atoms with van der Waals surface area (Å²) >= 11 is 0. The van der Waals surface area contributed by atoms with Crippen molar-refractivity contribution in [2.75, 3.05) is 13.1 Å². The lowest BCUT2D eigenvalue weighted by molar-refractivity contribution is 0.579. The second-order valence-corrected chi connectivity index (χ2v) is 4.24. The van der Waals surface area contributed by atoms with Crippen molar-refractivity contribution in [1.29, 1.82) is 0 Å². The van der Waals surface area contributed by atoms with Gasteiger partial charge in [-0.3, -0.25) is 5.10 Å². The molecule has 0 aliphatic rings. The van der Waals surface area contributed by atoms with E-state index in [2.05, 4.69) is 14.9 Å². The zero-order valence-electron chi connectivity index (χ0n) is 7.03. The Balaban J connectivity index is 2.58. The maximum absolute atomic E-state index is 11.4. The minimum absolute atomic E-state index is 0.143. The third-order valence-electron chi connectivity index (χ3n) is 1.46. The first-order valence-electron chi connectivity index (χ1n) is 3.85. The van der Waals surface area contributed by atoms with Crippen molar-refractivity contribution in [3.8, 4) is 0 Å². The van der Waals surface area contributed by atoms with E-state index in [9.17, 15) is 8.42 Å². The van der Waals surface area contributed by atoms with E-state index in [-0.39, 0.29) is 4.90 Å². The molecule has 4 N–H and O–H groups in total. The van der Waals surface area contributed by atoms with Crippen LogP contribution in [0.4, 0.5) is 0 Å². The lowest BCUT2D eigenvalue weighted by Gasteiger charge is -2.02. The number of aromatic nitrogens is 2. The summed E-state index contributed by atoms with van der Waals surface area (Å²) in [7, 11) is -3.39. The predicted octanol–water partition coefficient (Wildman–Crippen LogP) is -0.963. The maximum Gasteiger partial charge on any atom is 0.243 e. The Hall–Kier alpha value is -0.920. The van der Waals surface area contributed by atoms with E-state index >= 15 is 0 Å². The van der Waals surface area contributed by atoms with Gasteiger partial charge >= 0.3 is 0 Å². The first-order chi connectivity index (χ1) is 6.17. The summed E-state index contributed by atoms with van der Waals surface area (Å²) in [6, 6.07) is 0. The predicted molar refractivity (Wildman–Crippen MR) is 47.4 cm³/mol. The summed E-state index contributed by atoms with van der Waals surface area (Å²) in [6.45, 7) is 0.817. The minimum atomic E-state index is -3.39. The van der Waals surface area contributed by atoms with Crippen molar-refractivity contribution in [3.63, 3.8) is 0 Å². The van der Waals surface area contributed by atoms with Crippen LogP contribution in [0.3, 0.4) is 0 Å². The minimum Gasteiger partial charge on any atom is -0.330 e. The van der Waals surface area contributed by atoms with Crippen LogP contribution in [-0.4, -0.2) is 31.7 Å². The fraction of sp³-hybridized carbons (Fsp3) is 0.500. The highest BCUT2D eigenvalue weighted by Gasteiger charge is 2.13. The number of sulfonamides is 1. The Bertz CT molecular complexity index is 332. The molecule has 1 aromatic rings. The fourth-order valence-electron chi connectivity index (χ4n) is 0.778. The first-order valence-corrected chi connectivity index (χ1v) is 5.33. The molecular formula is C6H12N4O2S. The third kappa shape index (κ3) is 2.79. The number of H-pyrrole nitrogens is 1. The summed E-state index contributed by atoms with van der Waals surface area (Å²) in [4.78, 5) is 0.143. The molecule has 0 aliphatic carbocycles. The number of nitrogens with zero attached hydrogens (tertiary/aromatic N) is 1. The van der Waals surface area contributed by atoms with Crippen molar-refractivity contribution < 1.29 is 8.42 Å². The van der Waals surface area contributed by atoms with Crippen LogP contribution >= 0.6 is 0 Å². The standard InChI is InChI=1S/C6H12N4O2S/c7-2-1-3-10-13(11,12)6-4-8-9-5-6/h4-5,10H,1-3,7H2,(H,8,9). The van der Waals surface area contributed by atoms with Gasteiger partial charge in [0.1, 0.15) is 4.90 Å². The lowest BCUT2D eigenvalue weighted by atomic mass is 10.4. The molecule has 0 aromatic carbocycles. The Labute approximate surface area is 76.6 Å². The highest BCUT2D eigenvalue weighted by Crippen LogP contribution is 2.03. The molecule has 7 heteroatoms. The zero-order valence-corrected chi connectivity index (χ0v) is 7.84. The van der Waals surface area contributed by atoms with Crippen LogP contribution in [0.2, 0.25) is 0 Å². The summed E-state index contributed by atoms with van der Waals surface area (Å²) < 4.78 is 25.1. The molecule has 0 saturated carbocycles. The molecule has 0 amide bonds. The van der Waals surface area contributed by atoms with Crippen LogP contribution in [0.25, 0.3) is 0 Å². The zero-order chi connectivity index (χ0) is 9.73. The molecule has 0 atom stereocenters. The largest absolute Gasteiger partial charge is 0.330 e. The van der Waals surface area contributed by atoms with E-state index in [0.29, 0.717) is 19.5 Å². The summed E-state index contributed by atoms with van der Waals surface area (Å²) in [5.41, 5.74) is 5.22. The molecule has 0 aliphatic heterocycles. The van der Waals surface area contributed by atoms with Crippen molar-refractivity contribution in [2.45, 2.75) is 11.3 Å². The molecule has 0 spiro atoms. The molecule has 6 nitrogen and oxygen atoms in total. The van der Waals surface area contributed by atoms with E-state index in [1.165, 1.54) is 12.4 Å². The Kier molecular flexibility index (Phi) is 3.40. The van der Waals surface area contributed by atoms with Gasteiger partial charge < -0.3 is 5.73 Å². The summed E-state index contributed by atoms with van der Waals surface area (Å²) in [5.74, 6) is 0. The summed E-state index contributed by atoms with van der Waals surface area (Å²) in [5, 5.41) is 5.98. The smallest absolute Gasteiger partial charge is 0.243 e. The average molecular weight is 204 g/mol. The Morgan fingerprint density at radius 3 is 2.92 bits per heavy atom. The number of aromatic amines is 1. The normalized spacial score (nSPS) is 11.8. The van der Waals surface area contributed by atoms with Crippen molar-refractivity contribution in [2.24, 2.45) is 5.73 Å². The van der Waals surface area contributed by atoms with Gasteiger partial charge in [0.2, 0.25) is 10.0 Å². The van der Waals surface area contributed by atoms with Crippen LogP contribution in [0.1, 0.15) is 6.42 Å². The fourth-order valence-corrected chi connectivity index (χ4v) is 1.76. The SMILES string of the molecule is NCCCNS(=O)(=O)c1cn[nH]c1. The second kappa shape index (κ2) is 4.35. The molecule has 1 aromatic heterocycles. The van der Waals surface area contributed by atoms with Crippen molar-refractivity contribution >= 4 is 10.0 Å². The molecule has 1 rings (SSSR count). The number of nitrogens with two attached hydrogens (primary N) is 1. The van der Waals surface area contributed by atoms with Crippen molar-refractivity contribution in [1.82, 2.24) is 14.9 Å². The van der Waals surface area contributed by atoms with Gasteiger partial charge in [-0.15, -0.1) is 0 Å². The molecule has 0 radical (unpaired) electrons. The maximum atomic E-state index is 11.4. The van der Waals surface area contributed by atoms with Crippen LogP contribution < -0.4 is 10.5 Å². The van der Waals surface area contributed by atoms with E-state index < -0.39 is 10.0 Å². The van der Waals surface area contributed by atoms with E-state index in [1.807, 2.05) is 0 Å². The van der Waals surface area contributed by atoms with Crippen LogP contribution in [0.5, 0.6) is 0 Å². The van der Waals surface area contributed by atoms with E-state index in [4.69, 9.17) is 5.73 Å². The molecular weight excluding hydrogens is 192 g/mol. The Morgan fingerprint density at radius 1 is 1.62 bits per heavy atom. The molecule has 0 bridgehead atoms. The van der Waals surface area contributed by atoms with Gasteiger partial charge in [-0.25, -0.2) is 13.1 Å². The van der Waals surface area contributed by atoms with Gasteiger partial charge in [-0.1, -0.05) is 0 Å². The molecule has 13 heavy (non-hydrogen) atoms. The monoisotopic (exact) mass is 204 g/mol. The van der Waals surface area contributed by atoms with E-state index in [0.717, 1.165) is 0 Å². The second-order valence-electron chi connectivity index (χ2n) is 2.47. The van der Waals surface area contributed by atoms with Crippen LogP contribution in [0, 0.1) is 0 Å². The molecule has 74 valence electrons. The van der Waals surface area contributed by atoms with E-state index in [1.54, 1.807) is 0 Å². The highest BCUT2D eigenvalue weighted by molar-refractivity contribution is 7.89. The topological polar surface area (TPSA) is 101 Å². The van der Waals surface area contributed by atoms with Gasteiger partial charge in [-0.05, 0) is 13.0 Å². The van der Waals surface area contributed by atoms with Gasteiger partial charge in [-0.2, -0.15) is 5.10 Å². The van der Waals surface area contributed by atoms with Crippen LogP contribution in [0.15, 0.2) is 17.3 Å². The quantitative estimate of drug-likeness (QED) is 0.537. The number of hydrogen-bond donors (Lipinski definition) is 3. The number of nitrogens with one attached hydrogen (secondary N) is 2. The number of rotatable bonds is 5. The van der Waals surface area contributed by atoms with Crippen LogP contribution in [-0.2, 0) is 10.0 Å². The van der Waals surface area contributed by atoms with Gasteiger partial charge in [0.15, 0.2) is 0 Å². The van der Waals surface area contributed by atoms with Crippen molar-refractivity contribution in [3.05, 3.63) is 12.4 Å². The molecule has 0 fully saturated rings.